The predicted octanol–water partition coefficient (Wildman–Crippen LogP) is 5.48. The zero-order valence-electron chi connectivity index (χ0n) is 17.1. The number of Topliss-reactive ketones (excluding diaryl/α,β-unsaturated/α-hetero) is 1. The molecule has 150 valence electrons. The maximum absolute atomic E-state index is 13.7. The highest BCUT2D eigenvalue weighted by Gasteiger charge is 2.64. The third kappa shape index (κ3) is 2.83. The van der Waals surface area contributed by atoms with E-state index in [4.69, 9.17) is 11.6 Å². The fourth-order valence-electron chi connectivity index (χ4n) is 4.78. The van der Waals surface area contributed by atoms with Crippen molar-refractivity contribution in [2.45, 2.75) is 38.8 Å². The summed E-state index contributed by atoms with van der Waals surface area (Å²) in [6.07, 6.45) is 3.83. The summed E-state index contributed by atoms with van der Waals surface area (Å²) in [5.74, 6) is -0.610. The lowest BCUT2D eigenvalue weighted by Gasteiger charge is -2.36. The molecule has 0 amide bonds. The largest absolute Gasteiger partial charge is 0.357 e. The van der Waals surface area contributed by atoms with Gasteiger partial charge in [-0.15, -0.1) is 0 Å². The van der Waals surface area contributed by atoms with Crippen molar-refractivity contribution in [2.24, 2.45) is 10.8 Å². The Morgan fingerprint density at radius 3 is 2.30 bits per heavy atom. The third-order valence-corrected chi connectivity index (χ3v) is 6.43. The molecule has 1 saturated heterocycles. The van der Waals surface area contributed by atoms with Crippen LogP contribution in [0.5, 0.6) is 0 Å². The molecule has 1 fully saturated rings. The van der Waals surface area contributed by atoms with Crippen LogP contribution in [0.4, 0.5) is 0 Å². The van der Waals surface area contributed by atoms with Crippen molar-refractivity contribution in [1.82, 2.24) is 4.90 Å². The van der Waals surface area contributed by atoms with E-state index in [1.165, 1.54) is 0 Å². The van der Waals surface area contributed by atoms with Crippen molar-refractivity contribution in [3.05, 3.63) is 76.4 Å². The molecule has 0 spiro atoms. The molecule has 2 aromatic carbocycles. The average Bonchev–Trinajstić information content (AvgIpc) is 3.04. The molecule has 0 aromatic heterocycles. The van der Waals surface area contributed by atoms with Crippen molar-refractivity contribution in [2.75, 3.05) is 0 Å². The molecule has 3 atom stereocenters. The van der Waals surface area contributed by atoms with Crippen LogP contribution >= 0.6 is 11.6 Å². The van der Waals surface area contributed by atoms with E-state index < -0.39 is 28.8 Å². The number of carbonyl (C=O) groups excluding carboxylic acids is 1. The molecule has 5 heteroatoms. The summed E-state index contributed by atoms with van der Waals surface area (Å²) >= 11 is 6.10. The Kier molecular flexibility index (Phi) is 4.72. The van der Waals surface area contributed by atoms with Gasteiger partial charge in [-0.1, -0.05) is 68.8 Å². The highest BCUT2D eigenvalue weighted by molar-refractivity contribution is 6.30. The van der Waals surface area contributed by atoms with Gasteiger partial charge in [0.2, 0.25) is 0 Å². The van der Waals surface area contributed by atoms with Crippen molar-refractivity contribution >= 4 is 23.5 Å². The molecule has 2 aromatic rings. The molecule has 0 N–H and O–H groups in total. The van der Waals surface area contributed by atoms with Gasteiger partial charge in [-0.2, -0.15) is 10.5 Å². The van der Waals surface area contributed by atoms with Crippen molar-refractivity contribution in [1.29, 1.82) is 10.5 Å². The summed E-state index contributed by atoms with van der Waals surface area (Å²) in [4.78, 5) is 15.6. The number of halogens is 1. The van der Waals surface area contributed by atoms with Gasteiger partial charge >= 0.3 is 0 Å². The standard InChI is InChI=1S/C25H22ClN3O/c1-24(2,3)23(30)21-20(17-8-10-18(26)11-9-17)25(14-27,15-28)22-19-7-5-4-6-16(19)12-13-29(21)22/h4-13,20-22H,1-3H3/t20-,21+,22-/m1/s1. The summed E-state index contributed by atoms with van der Waals surface area (Å²) in [5.41, 5.74) is 0.565. The number of benzene rings is 2. The molecule has 0 unspecified atom stereocenters. The number of nitriles is 2. The number of ketones is 1. The van der Waals surface area contributed by atoms with Crippen LogP contribution in [0.3, 0.4) is 0 Å². The normalized spacial score (nSPS) is 23.8. The molecule has 2 heterocycles. The maximum Gasteiger partial charge on any atom is 0.177 e. The van der Waals surface area contributed by atoms with Crippen molar-refractivity contribution in [3.8, 4) is 12.1 Å². The van der Waals surface area contributed by atoms with Gasteiger partial charge in [0.05, 0.1) is 24.2 Å². The second-order valence-corrected chi connectivity index (χ2v) is 9.41. The van der Waals surface area contributed by atoms with Gasteiger partial charge in [0.1, 0.15) is 0 Å². The first-order chi connectivity index (χ1) is 14.2. The summed E-state index contributed by atoms with van der Waals surface area (Å²) in [6.45, 7) is 5.64. The van der Waals surface area contributed by atoms with Crippen molar-refractivity contribution < 1.29 is 4.79 Å². The highest BCUT2D eigenvalue weighted by atomic mass is 35.5. The zero-order valence-corrected chi connectivity index (χ0v) is 17.9. The van der Waals surface area contributed by atoms with E-state index in [0.29, 0.717) is 5.02 Å². The van der Waals surface area contributed by atoms with Crippen LogP contribution in [0.2, 0.25) is 5.02 Å². The lowest BCUT2D eigenvalue weighted by Crippen LogP contribution is -2.43. The van der Waals surface area contributed by atoms with E-state index >= 15 is 0 Å². The monoisotopic (exact) mass is 415 g/mol. The summed E-state index contributed by atoms with van der Waals surface area (Å²) in [6, 6.07) is 18.4. The van der Waals surface area contributed by atoms with Crippen LogP contribution in [0.25, 0.3) is 6.08 Å². The summed E-state index contributed by atoms with van der Waals surface area (Å²) in [5, 5.41) is 21.4. The first-order valence-electron chi connectivity index (χ1n) is 9.91. The van der Waals surface area contributed by atoms with Gasteiger partial charge in [0.25, 0.3) is 0 Å². The molecular formula is C25H22ClN3O. The average molecular weight is 416 g/mol. The summed E-state index contributed by atoms with van der Waals surface area (Å²) < 4.78 is 0. The first-order valence-corrected chi connectivity index (χ1v) is 10.3. The molecular weight excluding hydrogens is 394 g/mol. The molecule has 0 saturated carbocycles. The molecule has 2 aliphatic rings. The molecule has 4 nitrogen and oxygen atoms in total. The highest BCUT2D eigenvalue weighted by Crippen LogP contribution is 2.60. The number of nitrogens with zero attached hydrogens (tertiary/aromatic N) is 3. The fourth-order valence-corrected chi connectivity index (χ4v) is 4.91. The van der Waals surface area contributed by atoms with E-state index in [1.807, 2.05) is 74.3 Å². The topological polar surface area (TPSA) is 67.9 Å². The van der Waals surface area contributed by atoms with Gasteiger partial charge in [0.15, 0.2) is 11.2 Å². The lowest BCUT2D eigenvalue weighted by molar-refractivity contribution is -0.130. The lowest BCUT2D eigenvalue weighted by atomic mass is 9.66. The number of hydrogen-bond donors (Lipinski definition) is 0. The number of rotatable bonds is 2. The van der Waals surface area contributed by atoms with Crippen LogP contribution in [-0.2, 0) is 4.79 Å². The quantitative estimate of drug-likeness (QED) is 0.651. The Morgan fingerprint density at radius 1 is 1.07 bits per heavy atom. The predicted molar refractivity (Wildman–Crippen MR) is 116 cm³/mol. The van der Waals surface area contributed by atoms with Crippen LogP contribution in [0.1, 0.15) is 49.4 Å². The zero-order chi connectivity index (χ0) is 21.7. The minimum absolute atomic E-state index is 0.00357. The van der Waals surface area contributed by atoms with Crippen LogP contribution < -0.4 is 0 Å². The molecule has 30 heavy (non-hydrogen) atoms. The molecule has 0 radical (unpaired) electrons. The third-order valence-electron chi connectivity index (χ3n) is 6.18. The Bertz CT molecular complexity index is 1100. The van der Waals surface area contributed by atoms with Gasteiger partial charge in [0, 0.05) is 22.6 Å². The van der Waals surface area contributed by atoms with E-state index in [2.05, 4.69) is 12.1 Å². The van der Waals surface area contributed by atoms with Gasteiger partial charge in [-0.05, 0) is 34.9 Å². The number of fused-ring (bicyclic) bond motifs is 3. The van der Waals surface area contributed by atoms with Crippen LogP contribution in [0, 0.1) is 33.5 Å². The molecule has 0 bridgehead atoms. The Labute approximate surface area is 182 Å². The Morgan fingerprint density at radius 2 is 1.70 bits per heavy atom. The summed E-state index contributed by atoms with van der Waals surface area (Å²) in [7, 11) is 0. The minimum Gasteiger partial charge on any atom is -0.357 e. The second-order valence-electron chi connectivity index (χ2n) is 8.98. The van der Waals surface area contributed by atoms with Crippen LogP contribution in [-0.4, -0.2) is 16.7 Å². The van der Waals surface area contributed by atoms with E-state index in [0.717, 1.165) is 16.7 Å². The van der Waals surface area contributed by atoms with E-state index in [9.17, 15) is 15.3 Å². The van der Waals surface area contributed by atoms with Gasteiger partial charge < -0.3 is 4.90 Å². The minimum atomic E-state index is -1.43. The van der Waals surface area contributed by atoms with Gasteiger partial charge in [-0.25, -0.2) is 0 Å². The Hall–Kier alpha value is -3.08. The van der Waals surface area contributed by atoms with Crippen molar-refractivity contribution in [3.63, 3.8) is 0 Å². The number of hydrogen-bond acceptors (Lipinski definition) is 4. The van der Waals surface area contributed by atoms with Crippen LogP contribution in [0.15, 0.2) is 54.7 Å². The first kappa shape index (κ1) is 20.2. The SMILES string of the molecule is CC(C)(C)C(=O)[C@@H]1[C@@H](c2ccc(Cl)cc2)C(C#N)(C#N)[C@H]2c3ccccc3C=CN12. The molecule has 4 rings (SSSR count). The van der Waals surface area contributed by atoms with Gasteiger partial charge in [-0.3, -0.25) is 4.79 Å². The smallest absolute Gasteiger partial charge is 0.177 e. The fraction of sp³-hybridized carbons (Fsp3) is 0.320. The number of carbonyl (C=O) groups is 1. The van der Waals surface area contributed by atoms with E-state index in [-0.39, 0.29) is 5.78 Å². The maximum atomic E-state index is 13.7. The van der Waals surface area contributed by atoms with E-state index in [1.54, 1.807) is 12.1 Å². The second kappa shape index (κ2) is 7.01. The Balaban J connectivity index is 2.02. The molecule has 2 aliphatic heterocycles. The molecule has 0 aliphatic carbocycles.